The summed E-state index contributed by atoms with van der Waals surface area (Å²) in [5.74, 6) is 2.45. The number of rotatable bonds is 7. The Bertz CT molecular complexity index is 1110. The molecule has 0 aliphatic heterocycles. The van der Waals surface area contributed by atoms with Gasteiger partial charge in [-0.1, -0.05) is 44.2 Å². The molecule has 0 heterocycles. The molecule has 0 unspecified atom stereocenters. The number of ether oxygens (including phenoxy) is 2. The van der Waals surface area contributed by atoms with E-state index >= 15 is 0 Å². The van der Waals surface area contributed by atoms with Gasteiger partial charge in [0, 0.05) is 22.8 Å². The molecule has 0 saturated carbocycles. The molecule has 31 heavy (non-hydrogen) atoms. The fourth-order valence-corrected chi connectivity index (χ4v) is 4.53. The normalized spacial score (nSPS) is 12.6. The van der Waals surface area contributed by atoms with Crippen LogP contribution in [0.1, 0.15) is 48.4 Å². The maximum Gasteiger partial charge on any atom is 0.274 e. The van der Waals surface area contributed by atoms with E-state index in [1.807, 2.05) is 48.5 Å². The lowest BCUT2D eigenvalue weighted by Crippen LogP contribution is -2.01. The molecule has 0 saturated heterocycles. The number of halogens is 1. The first-order valence-corrected chi connectivity index (χ1v) is 11.2. The van der Waals surface area contributed by atoms with Gasteiger partial charge in [0.15, 0.2) is 0 Å². The Morgan fingerprint density at radius 2 is 1.81 bits per heavy atom. The Hall–Kier alpha value is -2.86. The van der Waals surface area contributed by atoms with Crippen LogP contribution in [-0.2, 0) is 19.4 Å². The van der Waals surface area contributed by atoms with Crippen molar-refractivity contribution >= 4 is 21.6 Å². The lowest BCUT2D eigenvalue weighted by atomic mass is 10.0. The first kappa shape index (κ1) is 21.4. The van der Waals surface area contributed by atoms with Crippen molar-refractivity contribution in [3.05, 3.63) is 91.4 Å². The van der Waals surface area contributed by atoms with Crippen LogP contribution in [0.15, 0.2) is 59.1 Å². The summed E-state index contributed by atoms with van der Waals surface area (Å²) in [7, 11) is 0. The SMILES string of the molecule is CC(C)c1cc(Oc2c(Br)cc([N+](=O)[O-])c3c2CCC3)ccc1OCc1ccccc1. The molecule has 0 radical (unpaired) electrons. The fourth-order valence-electron chi connectivity index (χ4n) is 3.99. The van der Waals surface area contributed by atoms with Crippen LogP contribution in [-0.4, -0.2) is 4.92 Å². The highest BCUT2D eigenvalue weighted by Crippen LogP contribution is 2.44. The smallest absolute Gasteiger partial charge is 0.274 e. The van der Waals surface area contributed by atoms with Crippen molar-refractivity contribution in [2.75, 3.05) is 0 Å². The Balaban J connectivity index is 1.62. The van der Waals surface area contributed by atoms with E-state index in [1.54, 1.807) is 6.07 Å². The Kier molecular flexibility index (Phi) is 6.28. The third kappa shape index (κ3) is 4.59. The quantitative estimate of drug-likeness (QED) is 0.261. The summed E-state index contributed by atoms with van der Waals surface area (Å²) < 4.78 is 13.0. The van der Waals surface area contributed by atoms with Crippen molar-refractivity contribution in [2.24, 2.45) is 0 Å². The van der Waals surface area contributed by atoms with Gasteiger partial charge in [0.25, 0.3) is 5.69 Å². The Morgan fingerprint density at radius 1 is 1.06 bits per heavy atom. The summed E-state index contributed by atoms with van der Waals surface area (Å²) in [5.41, 5.74) is 4.05. The minimum absolute atomic E-state index is 0.166. The van der Waals surface area contributed by atoms with Crippen LogP contribution in [0.2, 0.25) is 0 Å². The van der Waals surface area contributed by atoms with Crippen molar-refractivity contribution in [2.45, 2.75) is 45.6 Å². The van der Waals surface area contributed by atoms with Crippen LogP contribution >= 0.6 is 15.9 Å². The third-order valence-corrected chi connectivity index (χ3v) is 6.13. The zero-order valence-corrected chi connectivity index (χ0v) is 19.1. The molecule has 1 aliphatic rings. The third-order valence-electron chi connectivity index (χ3n) is 5.54. The molecule has 0 spiro atoms. The zero-order valence-electron chi connectivity index (χ0n) is 17.6. The Morgan fingerprint density at radius 3 is 2.52 bits per heavy atom. The highest BCUT2D eigenvalue weighted by Gasteiger charge is 2.28. The van der Waals surface area contributed by atoms with Crippen molar-refractivity contribution in [1.29, 1.82) is 0 Å². The summed E-state index contributed by atoms with van der Waals surface area (Å²) in [4.78, 5) is 11.1. The summed E-state index contributed by atoms with van der Waals surface area (Å²) in [6.07, 6.45) is 2.38. The van der Waals surface area contributed by atoms with Crippen LogP contribution in [0.4, 0.5) is 5.69 Å². The van der Waals surface area contributed by atoms with Gasteiger partial charge in [-0.05, 0) is 64.9 Å². The molecular formula is C25H24BrNO4. The van der Waals surface area contributed by atoms with Crippen molar-refractivity contribution in [3.8, 4) is 17.2 Å². The summed E-state index contributed by atoms with van der Waals surface area (Å²) in [6, 6.07) is 17.5. The minimum atomic E-state index is -0.311. The number of hydrogen-bond donors (Lipinski definition) is 0. The molecule has 0 fully saturated rings. The highest BCUT2D eigenvalue weighted by atomic mass is 79.9. The molecule has 3 aromatic carbocycles. The van der Waals surface area contributed by atoms with E-state index in [-0.39, 0.29) is 16.5 Å². The van der Waals surface area contributed by atoms with Crippen LogP contribution in [0.3, 0.4) is 0 Å². The number of nitro benzene ring substituents is 1. The van der Waals surface area contributed by atoms with Gasteiger partial charge in [0.1, 0.15) is 23.9 Å². The van der Waals surface area contributed by atoms with Crippen LogP contribution in [0.25, 0.3) is 0 Å². The lowest BCUT2D eigenvalue weighted by Gasteiger charge is -2.18. The van der Waals surface area contributed by atoms with Crippen LogP contribution < -0.4 is 9.47 Å². The van der Waals surface area contributed by atoms with Crippen molar-refractivity contribution < 1.29 is 14.4 Å². The van der Waals surface area contributed by atoms with E-state index in [2.05, 4.69) is 29.8 Å². The predicted octanol–water partition coefficient (Wildman–Crippen LogP) is 7.34. The topological polar surface area (TPSA) is 61.6 Å². The van der Waals surface area contributed by atoms with E-state index in [0.717, 1.165) is 40.8 Å². The standard InChI is InChI=1S/C25H24BrNO4/c1-16(2)21-13-18(11-12-24(21)30-15-17-7-4-3-5-8-17)31-25-20-10-6-9-19(20)23(27(28)29)14-22(25)26/h3-5,7-8,11-14,16H,6,9-10,15H2,1-2H3. The summed E-state index contributed by atoms with van der Waals surface area (Å²) in [6.45, 7) is 4.74. The summed E-state index contributed by atoms with van der Waals surface area (Å²) >= 11 is 3.49. The molecule has 160 valence electrons. The van der Waals surface area contributed by atoms with Crippen LogP contribution in [0.5, 0.6) is 17.2 Å². The van der Waals surface area contributed by atoms with Gasteiger partial charge < -0.3 is 9.47 Å². The second-order valence-electron chi connectivity index (χ2n) is 8.01. The predicted molar refractivity (Wildman–Crippen MR) is 124 cm³/mol. The molecule has 6 heteroatoms. The monoisotopic (exact) mass is 481 g/mol. The molecule has 0 aromatic heterocycles. The second-order valence-corrected chi connectivity index (χ2v) is 8.86. The van der Waals surface area contributed by atoms with Gasteiger partial charge in [0.2, 0.25) is 0 Å². The molecule has 0 bridgehead atoms. The van der Waals surface area contributed by atoms with E-state index in [0.29, 0.717) is 29.0 Å². The van der Waals surface area contributed by atoms with Crippen molar-refractivity contribution in [1.82, 2.24) is 0 Å². The van der Waals surface area contributed by atoms with E-state index < -0.39 is 0 Å². The average molecular weight is 482 g/mol. The van der Waals surface area contributed by atoms with Gasteiger partial charge in [-0.3, -0.25) is 10.1 Å². The minimum Gasteiger partial charge on any atom is -0.489 e. The molecule has 0 N–H and O–H groups in total. The number of nitro groups is 1. The second kappa shape index (κ2) is 9.10. The molecular weight excluding hydrogens is 458 g/mol. The first-order chi connectivity index (χ1) is 14.9. The lowest BCUT2D eigenvalue weighted by molar-refractivity contribution is -0.385. The van der Waals surface area contributed by atoms with Crippen LogP contribution in [0, 0.1) is 10.1 Å². The van der Waals surface area contributed by atoms with Gasteiger partial charge in [0.05, 0.1) is 9.40 Å². The fraction of sp³-hybridized carbons (Fsp3) is 0.280. The molecule has 1 aliphatic carbocycles. The van der Waals surface area contributed by atoms with E-state index in [1.165, 1.54) is 0 Å². The van der Waals surface area contributed by atoms with Gasteiger partial charge in [-0.15, -0.1) is 0 Å². The van der Waals surface area contributed by atoms with Gasteiger partial charge in [-0.2, -0.15) is 0 Å². The first-order valence-electron chi connectivity index (χ1n) is 10.4. The molecule has 5 nitrogen and oxygen atoms in total. The van der Waals surface area contributed by atoms with Gasteiger partial charge >= 0.3 is 0 Å². The average Bonchev–Trinajstić information content (AvgIpc) is 3.24. The number of benzene rings is 3. The zero-order chi connectivity index (χ0) is 22.0. The van der Waals surface area contributed by atoms with Gasteiger partial charge in [-0.25, -0.2) is 0 Å². The van der Waals surface area contributed by atoms with Crippen molar-refractivity contribution in [3.63, 3.8) is 0 Å². The molecule has 4 rings (SSSR count). The number of nitrogens with zero attached hydrogens (tertiary/aromatic N) is 1. The largest absolute Gasteiger partial charge is 0.489 e. The number of fused-ring (bicyclic) bond motifs is 1. The maximum absolute atomic E-state index is 11.4. The highest BCUT2D eigenvalue weighted by molar-refractivity contribution is 9.10. The molecule has 0 amide bonds. The summed E-state index contributed by atoms with van der Waals surface area (Å²) in [5, 5.41) is 11.4. The molecule has 0 atom stereocenters. The number of hydrogen-bond acceptors (Lipinski definition) is 4. The van der Waals surface area contributed by atoms with E-state index in [9.17, 15) is 10.1 Å². The molecule has 3 aromatic rings. The van der Waals surface area contributed by atoms with E-state index in [4.69, 9.17) is 9.47 Å². The Labute approximate surface area is 190 Å². The maximum atomic E-state index is 11.4.